The smallest absolute Gasteiger partial charge is 0.0798 e. The Balaban J connectivity index is 1.62. The average Bonchev–Trinajstić information content (AvgIpc) is 2.99. The van der Waals surface area contributed by atoms with Crippen molar-refractivity contribution in [3.8, 4) is 0 Å². The molecule has 1 aliphatic carbocycles. The molecular weight excluding hydrogens is 268 g/mol. The fraction of sp³-hybridized carbons (Fsp3) is 0.600. The van der Waals surface area contributed by atoms with Crippen molar-refractivity contribution in [2.75, 3.05) is 6.54 Å². The average molecular weight is 290 g/mol. The van der Waals surface area contributed by atoms with Crippen LogP contribution in [0.25, 0.3) is 0 Å². The number of rotatable bonds is 4. The van der Waals surface area contributed by atoms with Gasteiger partial charge in [0.05, 0.1) is 22.9 Å². The second-order valence-corrected chi connectivity index (χ2v) is 6.52. The predicted octanol–water partition coefficient (Wildman–Crippen LogP) is 2.70. The van der Waals surface area contributed by atoms with Gasteiger partial charge in [0.15, 0.2) is 0 Å². The summed E-state index contributed by atoms with van der Waals surface area (Å²) in [5.41, 5.74) is 7.10. The van der Waals surface area contributed by atoms with Crippen molar-refractivity contribution in [3.05, 3.63) is 33.0 Å². The number of aromatic nitrogens is 3. The van der Waals surface area contributed by atoms with Crippen LogP contribution < -0.4 is 5.32 Å². The summed E-state index contributed by atoms with van der Waals surface area (Å²) < 4.78 is 1.98. The van der Waals surface area contributed by atoms with Gasteiger partial charge < -0.3 is 5.32 Å². The lowest BCUT2D eigenvalue weighted by Gasteiger charge is -2.22. The van der Waals surface area contributed by atoms with Crippen molar-refractivity contribution in [1.29, 1.82) is 0 Å². The molecule has 1 unspecified atom stereocenters. The number of hydrogen-bond donors (Lipinski definition) is 1. The van der Waals surface area contributed by atoms with E-state index in [1.54, 1.807) is 11.3 Å². The van der Waals surface area contributed by atoms with E-state index in [1.807, 2.05) is 17.2 Å². The zero-order valence-corrected chi connectivity index (χ0v) is 13.3. The van der Waals surface area contributed by atoms with E-state index >= 15 is 0 Å². The van der Waals surface area contributed by atoms with Crippen LogP contribution in [-0.4, -0.2) is 21.3 Å². The maximum atomic E-state index is 4.54. The summed E-state index contributed by atoms with van der Waals surface area (Å²) in [6.45, 7) is 5.24. The van der Waals surface area contributed by atoms with E-state index in [0.717, 1.165) is 18.7 Å². The topological polar surface area (TPSA) is 42.7 Å². The first-order chi connectivity index (χ1) is 9.66. The Morgan fingerprint density at radius 1 is 1.45 bits per heavy atom. The largest absolute Gasteiger partial charge is 0.308 e. The minimum Gasteiger partial charge on any atom is -0.308 e. The molecule has 1 atom stereocenters. The van der Waals surface area contributed by atoms with Crippen molar-refractivity contribution >= 4 is 11.3 Å². The van der Waals surface area contributed by atoms with Crippen molar-refractivity contribution in [2.45, 2.75) is 45.6 Å². The van der Waals surface area contributed by atoms with Gasteiger partial charge in [0.25, 0.3) is 0 Å². The maximum Gasteiger partial charge on any atom is 0.0798 e. The van der Waals surface area contributed by atoms with Gasteiger partial charge in [-0.2, -0.15) is 5.10 Å². The van der Waals surface area contributed by atoms with E-state index in [2.05, 4.69) is 29.2 Å². The molecule has 0 bridgehead atoms. The molecule has 0 radical (unpaired) electrons. The van der Waals surface area contributed by atoms with Crippen LogP contribution in [0.2, 0.25) is 0 Å². The van der Waals surface area contributed by atoms with E-state index in [0.29, 0.717) is 6.04 Å². The molecule has 1 N–H and O–H groups in total. The van der Waals surface area contributed by atoms with Gasteiger partial charge in [-0.25, -0.2) is 4.98 Å². The zero-order valence-electron chi connectivity index (χ0n) is 12.4. The van der Waals surface area contributed by atoms with Crippen molar-refractivity contribution in [2.24, 2.45) is 7.05 Å². The third kappa shape index (κ3) is 2.52. The fourth-order valence-corrected chi connectivity index (χ4v) is 3.97. The molecule has 2 aromatic rings. The second kappa shape index (κ2) is 5.66. The normalized spacial score (nSPS) is 18.2. The molecule has 3 rings (SSSR count). The van der Waals surface area contributed by atoms with Crippen LogP contribution in [-0.2, 0) is 19.9 Å². The summed E-state index contributed by atoms with van der Waals surface area (Å²) in [4.78, 5) is 6.02. The molecule has 0 fully saturated rings. The highest BCUT2D eigenvalue weighted by Gasteiger charge is 2.22. The Bertz CT molecular complexity index is 599. The summed E-state index contributed by atoms with van der Waals surface area (Å²) in [6.07, 6.45) is 4.74. The third-order valence-electron chi connectivity index (χ3n) is 4.32. The van der Waals surface area contributed by atoms with Crippen LogP contribution in [0.3, 0.4) is 0 Å². The Hall–Kier alpha value is -1.20. The van der Waals surface area contributed by atoms with E-state index in [1.165, 1.54) is 41.1 Å². The quantitative estimate of drug-likeness (QED) is 0.941. The molecule has 0 amide bonds. The monoisotopic (exact) mass is 290 g/mol. The van der Waals surface area contributed by atoms with Crippen molar-refractivity contribution < 1.29 is 0 Å². The SMILES string of the molecule is Cc1nn(C)c(C)c1CCNC1CCCc2scnc21. The lowest BCUT2D eigenvalue weighted by atomic mass is 9.97. The van der Waals surface area contributed by atoms with Crippen molar-refractivity contribution in [3.63, 3.8) is 0 Å². The standard InChI is InChI=1S/C15H22N4S/c1-10-12(11(2)19(3)18-10)7-8-16-13-5-4-6-14-15(13)17-9-20-14/h9,13,16H,4-8H2,1-3H3. The molecule has 0 aliphatic heterocycles. The molecular formula is C15H22N4S. The second-order valence-electron chi connectivity index (χ2n) is 5.58. The molecule has 0 spiro atoms. The van der Waals surface area contributed by atoms with Crippen molar-refractivity contribution in [1.82, 2.24) is 20.1 Å². The Labute approximate surface area is 124 Å². The number of nitrogens with one attached hydrogen (secondary N) is 1. The zero-order chi connectivity index (χ0) is 14.1. The lowest BCUT2D eigenvalue weighted by molar-refractivity contribution is 0.456. The number of aryl methyl sites for hydroxylation is 3. The summed E-state index contributed by atoms with van der Waals surface area (Å²) in [6, 6.07) is 0.447. The van der Waals surface area contributed by atoms with Crippen LogP contribution in [0, 0.1) is 13.8 Å². The molecule has 0 saturated carbocycles. The van der Waals surface area contributed by atoms with Gasteiger partial charge in [0.2, 0.25) is 0 Å². The molecule has 0 aromatic carbocycles. The minimum atomic E-state index is 0.447. The van der Waals surface area contributed by atoms with Crippen LogP contribution >= 0.6 is 11.3 Å². The van der Waals surface area contributed by atoms with E-state index < -0.39 is 0 Å². The number of fused-ring (bicyclic) bond motifs is 1. The third-order valence-corrected chi connectivity index (χ3v) is 5.23. The Morgan fingerprint density at radius 3 is 3.05 bits per heavy atom. The molecule has 20 heavy (non-hydrogen) atoms. The molecule has 2 aromatic heterocycles. The Kier molecular flexibility index (Phi) is 3.89. The number of thiazole rings is 1. The molecule has 4 nitrogen and oxygen atoms in total. The molecule has 2 heterocycles. The van der Waals surface area contributed by atoms with Crippen LogP contribution in [0.15, 0.2) is 5.51 Å². The fourth-order valence-electron chi connectivity index (χ4n) is 3.10. The summed E-state index contributed by atoms with van der Waals surface area (Å²) >= 11 is 1.80. The van der Waals surface area contributed by atoms with Crippen LogP contribution in [0.4, 0.5) is 0 Å². The maximum absolute atomic E-state index is 4.54. The Morgan fingerprint density at radius 2 is 2.30 bits per heavy atom. The number of hydrogen-bond acceptors (Lipinski definition) is 4. The van der Waals surface area contributed by atoms with Gasteiger partial charge in [-0.05, 0) is 51.6 Å². The van der Waals surface area contributed by atoms with Gasteiger partial charge in [0.1, 0.15) is 0 Å². The highest BCUT2D eigenvalue weighted by atomic mass is 32.1. The number of nitrogens with zero attached hydrogens (tertiary/aromatic N) is 3. The predicted molar refractivity (Wildman–Crippen MR) is 82.2 cm³/mol. The molecule has 0 saturated heterocycles. The molecule has 5 heteroatoms. The van der Waals surface area contributed by atoms with E-state index in [9.17, 15) is 0 Å². The molecule has 108 valence electrons. The van der Waals surface area contributed by atoms with Gasteiger partial charge in [-0.15, -0.1) is 11.3 Å². The first-order valence-electron chi connectivity index (χ1n) is 7.31. The van der Waals surface area contributed by atoms with Crippen LogP contribution in [0.5, 0.6) is 0 Å². The summed E-state index contributed by atoms with van der Waals surface area (Å²) in [7, 11) is 2.02. The molecule has 1 aliphatic rings. The summed E-state index contributed by atoms with van der Waals surface area (Å²) in [5, 5.41) is 8.17. The van der Waals surface area contributed by atoms with Crippen LogP contribution in [0.1, 0.15) is 46.4 Å². The van der Waals surface area contributed by atoms with E-state index in [-0.39, 0.29) is 0 Å². The first-order valence-corrected chi connectivity index (χ1v) is 8.19. The first kappa shape index (κ1) is 13.8. The van der Waals surface area contributed by atoms with Gasteiger partial charge in [-0.3, -0.25) is 4.68 Å². The highest BCUT2D eigenvalue weighted by molar-refractivity contribution is 7.09. The highest BCUT2D eigenvalue weighted by Crippen LogP contribution is 2.31. The minimum absolute atomic E-state index is 0.447. The van der Waals surface area contributed by atoms with Gasteiger partial charge >= 0.3 is 0 Å². The van der Waals surface area contributed by atoms with E-state index in [4.69, 9.17) is 0 Å². The van der Waals surface area contributed by atoms with Gasteiger partial charge in [0, 0.05) is 17.6 Å². The van der Waals surface area contributed by atoms with Gasteiger partial charge in [-0.1, -0.05) is 0 Å². The lowest BCUT2D eigenvalue weighted by Crippen LogP contribution is -2.27. The summed E-state index contributed by atoms with van der Waals surface area (Å²) in [5.74, 6) is 0.